The maximum atomic E-state index is 6.27. The molecule has 0 fully saturated rings. The first-order chi connectivity index (χ1) is 57.9. The first kappa shape index (κ1) is 69.1. The summed E-state index contributed by atoms with van der Waals surface area (Å²) in [7, 11) is 0. The third kappa shape index (κ3) is 13.7. The van der Waals surface area contributed by atoms with Crippen molar-refractivity contribution in [3.05, 3.63) is 413 Å². The number of anilines is 8. The maximum absolute atomic E-state index is 6.27. The maximum Gasteiger partial charge on any atom is 0.143 e. The number of fused-ring (bicyclic) bond motifs is 20. The Morgan fingerprint density at radius 1 is 0.145 bits per heavy atom. The summed E-state index contributed by atoms with van der Waals surface area (Å²) in [5.74, 6) is 0. The van der Waals surface area contributed by atoms with E-state index in [2.05, 4.69) is 306 Å². The van der Waals surface area contributed by atoms with Gasteiger partial charge in [-0.3, -0.25) is 0 Å². The second-order valence-corrected chi connectivity index (χ2v) is 29.4. The van der Waals surface area contributed by atoms with Crippen molar-refractivity contribution in [1.29, 1.82) is 0 Å². The number of furan rings is 5. The minimum atomic E-state index is 0.885. The van der Waals surface area contributed by atoms with E-state index in [0.29, 0.717) is 0 Å². The molecule has 0 aliphatic heterocycles. The molecule has 0 aliphatic carbocycles. The highest BCUT2D eigenvalue weighted by Crippen LogP contribution is 2.42. The molecular weight excluding hydrogens is 1430 g/mol. The van der Waals surface area contributed by atoms with E-state index < -0.39 is 0 Å². The predicted molar refractivity (Wildman–Crippen MR) is 490 cm³/mol. The molecular formula is C108H72N4O5. The molecule has 554 valence electrons. The van der Waals surface area contributed by atoms with Gasteiger partial charge in [0.15, 0.2) is 0 Å². The van der Waals surface area contributed by atoms with Gasteiger partial charge >= 0.3 is 0 Å². The predicted octanol–water partition coefficient (Wildman–Crippen LogP) is 31.7. The van der Waals surface area contributed by atoms with Gasteiger partial charge in [0.1, 0.15) is 55.8 Å². The zero-order valence-electron chi connectivity index (χ0n) is 63.3. The number of hydrogen-bond donors (Lipinski definition) is 4. The SMILES string of the molecule is c1ccc(-c2ccc3c(ccc4ccc(Nc5ccc6c(c5)oc5ccc7ccccc7c56)cc43)c2)cc1.c1ccc(Nc2ccc(-c3ccc4c(c3)oc3ccccc34)cc2)cc1.c1ccc(Nc2ccc(-c3cccc4c3oc3ccccc34)cc2)cc1.c1ccc2c(c1)oc1cc(Nc3ccc4oc5ccccc5c4c3)ccc12. The molecule has 5 heterocycles. The van der Waals surface area contributed by atoms with Crippen molar-refractivity contribution in [2.24, 2.45) is 0 Å². The van der Waals surface area contributed by atoms with Crippen molar-refractivity contribution in [3.63, 3.8) is 0 Å². The summed E-state index contributed by atoms with van der Waals surface area (Å²) in [5, 5.41) is 32.8. The van der Waals surface area contributed by atoms with Crippen LogP contribution in [0.5, 0.6) is 0 Å². The number of benzene rings is 19. The quantitative estimate of drug-likeness (QED) is 0.0940. The van der Waals surface area contributed by atoms with Crippen LogP contribution >= 0.6 is 0 Å². The van der Waals surface area contributed by atoms with Gasteiger partial charge < -0.3 is 43.4 Å². The van der Waals surface area contributed by atoms with Crippen molar-refractivity contribution in [2.45, 2.75) is 0 Å². The molecule has 0 saturated heterocycles. The van der Waals surface area contributed by atoms with Gasteiger partial charge in [-0.2, -0.15) is 0 Å². The van der Waals surface area contributed by atoms with E-state index in [9.17, 15) is 0 Å². The summed E-state index contributed by atoms with van der Waals surface area (Å²) >= 11 is 0. The lowest BCUT2D eigenvalue weighted by atomic mass is 9.97. The summed E-state index contributed by atoms with van der Waals surface area (Å²) in [6.07, 6.45) is 0. The molecule has 0 radical (unpaired) electrons. The molecule has 0 bridgehead atoms. The fraction of sp³-hybridized carbons (Fsp3) is 0. The van der Waals surface area contributed by atoms with Crippen LogP contribution in [-0.2, 0) is 0 Å². The molecule has 9 heteroatoms. The summed E-state index contributed by atoms with van der Waals surface area (Å²) in [6, 6.07) is 142. The van der Waals surface area contributed by atoms with E-state index in [1.54, 1.807) is 0 Å². The standard InChI is InChI=1S/C36H23NO.C24H15NO2.2C24H17NO/c1-2-6-23(7-3-1)26-13-17-30-27(20-26)11-10-25-12-15-28(21-33(25)30)37-29-16-18-32-35(22-29)38-34-19-14-24-8-4-5-9-31(24)36(32)34;1-3-7-21-17(5-1)19-11-9-16(14-24(19)27-21)25-15-10-12-23-20(13-15)18-6-2-4-8-22(18)26-23;1-2-7-18(8-3-1)25-19-15-13-17(14-16-19)20-10-6-11-22-21-9-4-5-12-23(21)26-24(20)22;1-2-6-19(7-3-1)25-20-13-10-17(11-14-20)18-12-15-22-21-8-4-5-9-23(21)26-24(22)16-18/h1-22,37H;1-14,25H;2*1-16,25H. The highest BCUT2D eigenvalue weighted by Gasteiger charge is 2.17. The molecule has 0 atom stereocenters. The summed E-state index contributed by atoms with van der Waals surface area (Å²) < 4.78 is 30.3. The highest BCUT2D eigenvalue weighted by molar-refractivity contribution is 6.20. The Kier molecular flexibility index (Phi) is 17.7. The Labute approximate surface area is 672 Å². The minimum absolute atomic E-state index is 0.885. The Bertz CT molecular complexity index is 7820. The van der Waals surface area contributed by atoms with Crippen molar-refractivity contribution in [3.8, 4) is 33.4 Å². The summed E-state index contributed by atoms with van der Waals surface area (Å²) in [4.78, 5) is 0. The van der Waals surface area contributed by atoms with E-state index in [4.69, 9.17) is 22.1 Å². The van der Waals surface area contributed by atoms with Gasteiger partial charge in [0.05, 0.1) is 0 Å². The number of para-hydroxylation sites is 7. The molecule has 117 heavy (non-hydrogen) atoms. The van der Waals surface area contributed by atoms with Crippen LogP contribution in [0.4, 0.5) is 45.5 Å². The van der Waals surface area contributed by atoms with Crippen LogP contribution in [-0.4, -0.2) is 0 Å². The third-order valence-corrected chi connectivity index (χ3v) is 22.0. The summed E-state index contributed by atoms with van der Waals surface area (Å²) in [6.45, 7) is 0. The van der Waals surface area contributed by atoms with Gasteiger partial charge in [0.25, 0.3) is 0 Å². The van der Waals surface area contributed by atoms with Gasteiger partial charge in [-0.25, -0.2) is 0 Å². The highest BCUT2D eigenvalue weighted by atomic mass is 16.3. The van der Waals surface area contributed by atoms with Crippen LogP contribution in [0.3, 0.4) is 0 Å². The molecule has 24 rings (SSSR count). The van der Waals surface area contributed by atoms with E-state index in [0.717, 1.165) is 166 Å². The van der Waals surface area contributed by atoms with E-state index in [-0.39, 0.29) is 0 Å². The molecule has 0 aliphatic rings. The topological polar surface area (TPSA) is 114 Å². The lowest BCUT2D eigenvalue weighted by Crippen LogP contribution is -1.90. The van der Waals surface area contributed by atoms with Gasteiger partial charge in [0.2, 0.25) is 0 Å². The third-order valence-electron chi connectivity index (χ3n) is 22.0. The minimum Gasteiger partial charge on any atom is -0.456 e. The fourth-order valence-electron chi connectivity index (χ4n) is 16.2. The molecule has 0 saturated carbocycles. The van der Waals surface area contributed by atoms with Crippen molar-refractivity contribution < 1.29 is 22.1 Å². The molecule has 0 amide bonds. The second-order valence-electron chi connectivity index (χ2n) is 29.4. The monoisotopic (exact) mass is 1500 g/mol. The number of hydrogen-bond acceptors (Lipinski definition) is 9. The van der Waals surface area contributed by atoms with Crippen LogP contribution in [0.15, 0.2) is 435 Å². The van der Waals surface area contributed by atoms with Crippen molar-refractivity contribution in [2.75, 3.05) is 21.3 Å². The fourth-order valence-corrected chi connectivity index (χ4v) is 16.2. The van der Waals surface area contributed by atoms with Crippen LogP contribution < -0.4 is 21.3 Å². The molecule has 9 nitrogen and oxygen atoms in total. The first-order valence-electron chi connectivity index (χ1n) is 39.3. The largest absolute Gasteiger partial charge is 0.456 e. The molecule has 5 aromatic heterocycles. The molecule has 4 N–H and O–H groups in total. The molecule has 0 spiro atoms. The van der Waals surface area contributed by atoms with Crippen LogP contribution in [0.1, 0.15) is 0 Å². The van der Waals surface area contributed by atoms with Gasteiger partial charge in [0, 0.05) is 117 Å². The van der Waals surface area contributed by atoms with Gasteiger partial charge in [-0.05, 0) is 212 Å². The Hall–Kier alpha value is -15.8. The molecule has 19 aromatic carbocycles. The first-order valence-corrected chi connectivity index (χ1v) is 39.3. The molecule has 0 unspecified atom stereocenters. The number of rotatable bonds is 11. The van der Waals surface area contributed by atoms with Crippen LogP contribution in [0.25, 0.3) is 175 Å². The zero-order valence-corrected chi connectivity index (χ0v) is 63.3. The van der Waals surface area contributed by atoms with E-state index >= 15 is 0 Å². The zero-order chi connectivity index (χ0) is 77.5. The van der Waals surface area contributed by atoms with Gasteiger partial charge in [-0.1, -0.05) is 249 Å². The Morgan fingerprint density at radius 2 is 0.496 bits per heavy atom. The second kappa shape index (κ2) is 30.0. The molecule has 24 aromatic rings. The smallest absolute Gasteiger partial charge is 0.143 e. The lowest BCUT2D eigenvalue weighted by molar-refractivity contribution is 0.668. The van der Waals surface area contributed by atoms with E-state index in [1.165, 1.54) is 54.4 Å². The Balaban J connectivity index is 0.0000000987. The number of nitrogens with one attached hydrogen (secondary N) is 4. The average molecular weight is 1510 g/mol. The van der Waals surface area contributed by atoms with Gasteiger partial charge in [-0.15, -0.1) is 0 Å². The normalized spacial score (nSPS) is 11.4. The summed E-state index contributed by atoms with van der Waals surface area (Å²) in [5.41, 5.74) is 24.6. The van der Waals surface area contributed by atoms with E-state index in [1.807, 2.05) is 127 Å². The van der Waals surface area contributed by atoms with Crippen molar-refractivity contribution >= 4 is 188 Å². The lowest BCUT2D eigenvalue weighted by Gasteiger charge is -2.11. The Morgan fingerprint density at radius 3 is 1.14 bits per heavy atom. The van der Waals surface area contributed by atoms with Crippen LogP contribution in [0.2, 0.25) is 0 Å². The average Bonchev–Trinajstić information content (AvgIpc) is 1.63. The van der Waals surface area contributed by atoms with Crippen LogP contribution in [0, 0.1) is 0 Å². The van der Waals surface area contributed by atoms with Crippen molar-refractivity contribution in [1.82, 2.24) is 0 Å².